The minimum atomic E-state index is -0.575. The number of nitrogens with zero attached hydrogens (tertiary/aromatic N) is 2. The second-order valence-electron chi connectivity index (χ2n) is 8.76. The molecule has 0 saturated heterocycles. The number of fused-ring (bicyclic) bond motifs is 4. The van der Waals surface area contributed by atoms with Crippen LogP contribution in [-0.4, -0.2) is 49.1 Å². The summed E-state index contributed by atoms with van der Waals surface area (Å²) in [6.45, 7) is 3.24. The number of halogens is 1. The van der Waals surface area contributed by atoms with Gasteiger partial charge in [-0.05, 0) is 55.5 Å². The highest BCUT2D eigenvalue weighted by Gasteiger charge is 2.32. The second kappa shape index (κ2) is 10.2. The van der Waals surface area contributed by atoms with Crippen LogP contribution in [0.1, 0.15) is 40.4 Å². The van der Waals surface area contributed by atoms with Gasteiger partial charge in [0.15, 0.2) is 5.58 Å². The minimum Gasteiger partial charge on any atom is -0.491 e. The molecule has 0 atom stereocenters. The van der Waals surface area contributed by atoms with E-state index in [1.807, 2.05) is 30.3 Å². The zero-order valence-corrected chi connectivity index (χ0v) is 20.8. The molecule has 36 heavy (non-hydrogen) atoms. The first kappa shape index (κ1) is 24.2. The number of benzene rings is 2. The molecule has 2 aliphatic rings. The van der Waals surface area contributed by atoms with Crippen LogP contribution in [0.4, 0.5) is 10.5 Å². The van der Waals surface area contributed by atoms with Crippen molar-refractivity contribution in [2.45, 2.75) is 32.7 Å². The van der Waals surface area contributed by atoms with Crippen LogP contribution < -0.4 is 15.3 Å². The number of alkyl halides is 1. The molecule has 0 unspecified atom stereocenters. The van der Waals surface area contributed by atoms with E-state index in [4.69, 9.17) is 25.5 Å². The Morgan fingerprint density at radius 2 is 1.92 bits per heavy atom. The quantitative estimate of drug-likeness (QED) is 0.370. The van der Waals surface area contributed by atoms with Crippen LogP contribution >= 0.6 is 11.6 Å². The third kappa shape index (κ3) is 4.30. The molecule has 5 rings (SSSR count). The van der Waals surface area contributed by atoms with Crippen LogP contribution in [0.25, 0.3) is 11.0 Å². The van der Waals surface area contributed by atoms with Crippen LogP contribution in [0.3, 0.4) is 0 Å². The highest BCUT2D eigenvalue weighted by atomic mass is 35.5. The van der Waals surface area contributed by atoms with Gasteiger partial charge >= 0.3 is 11.7 Å². The zero-order valence-electron chi connectivity index (χ0n) is 20.0. The number of hydrogen-bond donors (Lipinski definition) is 0. The number of carbonyl (C=O) groups is 2. The molecule has 0 N–H and O–H groups in total. The van der Waals surface area contributed by atoms with Crippen molar-refractivity contribution >= 4 is 40.3 Å². The number of amides is 2. The molecule has 0 aliphatic carbocycles. The van der Waals surface area contributed by atoms with Crippen LogP contribution in [0, 0.1) is 0 Å². The fraction of sp³-hybridized carbons (Fsp3) is 0.370. The number of anilines is 1. The van der Waals surface area contributed by atoms with Gasteiger partial charge < -0.3 is 23.7 Å². The summed E-state index contributed by atoms with van der Waals surface area (Å²) < 4.78 is 16.7. The van der Waals surface area contributed by atoms with Gasteiger partial charge in [0.2, 0.25) is 0 Å². The molecule has 0 radical (unpaired) electrons. The van der Waals surface area contributed by atoms with E-state index in [0.29, 0.717) is 36.2 Å². The van der Waals surface area contributed by atoms with Crippen molar-refractivity contribution in [2.24, 2.45) is 0 Å². The SMILES string of the molecule is CCOC(=O)N1CCc2c(c(=O)oc3c(C(=O)N4CCCc5ccccc54)c(OCCCl)ccc23)C1. The first-order chi connectivity index (χ1) is 17.5. The largest absolute Gasteiger partial charge is 0.491 e. The summed E-state index contributed by atoms with van der Waals surface area (Å²) in [5.74, 6) is 0.281. The van der Waals surface area contributed by atoms with Gasteiger partial charge in [-0.25, -0.2) is 9.59 Å². The maximum Gasteiger partial charge on any atom is 0.410 e. The molecule has 0 spiro atoms. The number of rotatable bonds is 5. The second-order valence-corrected chi connectivity index (χ2v) is 9.14. The van der Waals surface area contributed by atoms with Gasteiger partial charge in [-0.1, -0.05) is 18.2 Å². The third-order valence-electron chi connectivity index (χ3n) is 6.66. The first-order valence-electron chi connectivity index (χ1n) is 12.1. The third-order valence-corrected chi connectivity index (χ3v) is 6.82. The van der Waals surface area contributed by atoms with Crippen molar-refractivity contribution in [3.63, 3.8) is 0 Å². The Hall–Kier alpha value is -3.52. The van der Waals surface area contributed by atoms with Crippen molar-refractivity contribution in [3.8, 4) is 5.75 Å². The summed E-state index contributed by atoms with van der Waals surface area (Å²) >= 11 is 5.86. The monoisotopic (exact) mass is 510 g/mol. The Morgan fingerprint density at radius 1 is 1.08 bits per heavy atom. The maximum atomic E-state index is 14.0. The van der Waals surface area contributed by atoms with Gasteiger partial charge in [0.1, 0.15) is 17.9 Å². The fourth-order valence-corrected chi connectivity index (χ4v) is 5.11. The molecular formula is C27H27ClN2O6. The van der Waals surface area contributed by atoms with E-state index in [0.717, 1.165) is 29.7 Å². The van der Waals surface area contributed by atoms with E-state index in [1.165, 1.54) is 4.90 Å². The summed E-state index contributed by atoms with van der Waals surface area (Å²) in [6, 6.07) is 11.4. The fourth-order valence-electron chi connectivity index (χ4n) is 5.03. The number of aryl methyl sites for hydroxylation is 1. The molecule has 9 heteroatoms. The van der Waals surface area contributed by atoms with Gasteiger partial charge in [0.05, 0.1) is 24.6 Å². The van der Waals surface area contributed by atoms with E-state index in [2.05, 4.69) is 0 Å². The molecule has 2 aliphatic heterocycles. The van der Waals surface area contributed by atoms with Gasteiger partial charge in [-0.3, -0.25) is 4.79 Å². The van der Waals surface area contributed by atoms with E-state index in [9.17, 15) is 14.4 Å². The summed E-state index contributed by atoms with van der Waals surface area (Å²) in [5, 5.41) is 0.667. The first-order valence-corrected chi connectivity index (χ1v) is 12.7. The maximum absolute atomic E-state index is 14.0. The molecule has 0 bridgehead atoms. The van der Waals surface area contributed by atoms with Crippen LogP contribution in [0.15, 0.2) is 45.6 Å². The van der Waals surface area contributed by atoms with E-state index in [1.54, 1.807) is 17.9 Å². The molecule has 2 amide bonds. The Labute approximate surface area is 213 Å². The smallest absolute Gasteiger partial charge is 0.410 e. The summed E-state index contributed by atoms with van der Waals surface area (Å²) in [7, 11) is 0. The Kier molecular flexibility index (Phi) is 6.87. The highest BCUT2D eigenvalue weighted by Crippen LogP contribution is 2.36. The van der Waals surface area contributed by atoms with Crippen LogP contribution in [0.5, 0.6) is 5.75 Å². The van der Waals surface area contributed by atoms with Crippen LogP contribution in [-0.2, 0) is 24.1 Å². The molecule has 2 aromatic carbocycles. The standard InChI is InChI=1S/C27H27ClN2O6/c1-2-34-27(33)29-14-11-18-19-9-10-22(35-15-12-28)23(24(19)36-26(32)20(18)16-29)25(31)30-13-5-7-17-6-3-4-8-21(17)30/h3-4,6,8-10H,2,5,7,11-16H2,1H3. The zero-order chi connectivity index (χ0) is 25.2. The lowest BCUT2D eigenvalue weighted by atomic mass is 9.95. The van der Waals surface area contributed by atoms with E-state index >= 15 is 0 Å². The summed E-state index contributed by atoms with van der Waals surface area (Å²) in [5.41, 5.74) is 2.95. The molecule has 8 nitrogen and oxygen atoms in total. The average molecular weight is 511 g/mol. The normalized spacial score (nSPS) is 14.8. The topological polar surface area (TPSA) is 89.3 Å². The van der Waals surface area contributed by atoms with E-state index in [-0.39, 0.29) is 42.7 Å². The molecule has 188 valence electrons. The predicted octanol–water partition coefficient (Wildman–Crippen LogP) is 4.52. The molecule has 0 saturated carbocycles. The lowest BCUT2D eigenvalue weighted by molar-refractivity contribution is 0.0981. The number of hydrogen-bond acceptors (Lipinski definition) is 6. The van der Waals surface area contributed by atoms with E-state index < -0.39 is 11.7 Å². The van der Waals surface area contributed by atoms with Gasteiger partial charge in [-0.2, -0.15) is 0 Å². The van der Waals surface area contributed by atoms with Gasteiger partial charge in [-0.15, -0.1) is 11.6 Å². The van der Waals surface area contributed by atoms with Crippen molar-refractivity contribution in [1.29, 1.82) is 0 Å². The highest BCUT2D eigenvalue weighted by molar-refractivity contribution is 6.18. The molecule has 3 heterocycles. The molecule has 0 fully saturated rings. The Morgan fingerprint density at radius 3 is 2.72 bits per heavy atom. The number of para-hydroxylation sites is 1. The summed E-state index contributed by atoms with van der Waals surface area (Å²) in [6.07, 6.45) is 1.70. The van der Waals surface area contributed by atoms with Gasteiger partial charge in [0, 0.05) is 24.2 Å². The Bertz CT molecular complexity index is 1380. The lowest BCUT2D eigenvalue weighted by Gasteiger charge is -2.31. The number of carbonyl (C=O) groups excluding carboxylic acids is 2. The summed E-state index contributed by atoms with van der Waals surface area (Å²) in [4.78, 5) is 42.6. The van der Waals surface area contributed by atoms with Gasteiger partial charge in [0.25, 0.3) is 5.91 Å². The molecule has 1 aromatic heterocycles. The van der Waals surface area contributed by atoms with Crippen molar-refractivity contribution in [1.82, 2.24) is 4.90 Å². The average Bonchev–Trinajstić information content (AvgIpc) is 2.91. The van der Waals surface area contributed by atoms with Crippen molar-refractivity contribution < 1.29 is 23.5 Å². The molecular weight excluding hydrogens is 484 g/mol. The number of ether oxygens (including phenoxy) is 2. The Balaban J connectivity index is 1.63. The predicted molar refractivity (Wildman–Crippen MR) is 136 cm³/mol. The molecule has 3 aromatic rings. The van der Waals surface area contributed by atoms with Crippen molar-refractivity contribution in [2.75, 3.05) is 37.1 Å². The lowest BCUT2D eigenvalue weighted by Crippen LogP contribution is -2.39. The van der Waals surface area contributed by atoms with Crippen molar-refractivity contribution in [3.05, 3.63) is 69.1 Å². The minimum absolute atomic E-state index is 0.0969. The van der Waals surface area contributed by atoms with Crippen LogP contribution in [0.2, 0.25) is 0 Å².